The van der Waals surface area contributed by atoms with Gasteiger partial charge in [-0.05, 0) is 0 Å². The zero-order valence-corrected chi connectivity index (χ0v) is 25.1. The van der Waals surface area contributed by atoms with Gasteiger partial charge in [0.25, 0.3) is 0 Å². The van der Waals surface area contributed by atoms with Gasteiger partial charge in [-0.3, -0.25) is 0 Å². The van der Waals surface area contributed by atoms with E-state index in [-0.39, 0.29) is 3.12 Å². The van der Waals surface area contributed by atoms with Crippen molar-refractivity contribution in [2.75, 3.05) is 9.87 Å². The average Bonchev–Trinajstić information content (AvgIpc) is 2.86. The van der Waals surface area contributed by atoms with Crippen molar-refractivity contribution >= 4 is 5.69 Å². The topological polar surface area (TPSA) is 34.1 Å². The minimum absolute atomic E-state index is 0.132. The number of anilines is 1. The molecule has 0 aliphatic carbocycles. The molecule has 0 bridgehead atoms. The molecule has 187 valence electrons. The van der Waals surface area contributed by atoms with E-state index >= 15 is 0 Å². The number of para-hydroxylation sites is 1. The third kappa shape index (κ3) is 7.37. The maximum absolute atomic E-state index is 7.01. The summed E-state index contributed by atoms with van der Waals surface area (Å²) in [5.74, 6) is 1.39. The summed E-state index contributed by atoms with van der Waals surface area (Å²) >= 11 is -2.78. The average molecular weight is 551 g/mol. The predicted molar refractivity (Wildman–Crippen MR) is 145 cm³/mol. The van der Waals surface area contributed by atoms with E-state index in [0.29, 0.717) is 17.8 Å². The van der Waals surface area contributed by atoms with Gasteiger partial charge >= 0.3 is 223 Å². The van der Waals surface area contributed by atoms with Crippen LogP contribution in [0, 0.1) is 5.92 Å². The van der Waals surface area contributed by atoms with Gasteiger partial charge < -0.3 is 0 Å². The second-order valence-corrected chi connectivity index (χ2v) is 16.7. The molecular weight excluding hydrogens is 508 g/mol. The van der Waals surface area contributed by atoms with E-state index in [1.807, 2.05) is 12.3 Å². The third-order valence-electron chi connectivity index (χ3n) is 6.89. The number of pyridine rings is 1. The fourth-order valence-electron chi connectivity index (χ4n) is 4.50. The number of nitrogens with one attached hydrogen (secondary N) is 1. The Labute approximate surface area is 222 Å². The molecule has 0 radical (unpaired) electrons. The Morgan fingerprint density at radius 2 is 1.49 bits per heavy atom. The molecule has 1 aromatic heterocycles. The third-order valence-corrected chi connectivity index (χ3v) is 12.6. The fraction of sp³-hybridized carbons (Fsp3) is 0.452. The summed E-state index contributed by atoms with van der Waals surface area (Å²) in [7, 11) is 0. The quantitative estimate of drug-likeness (QED) is 0.246. The first-order valence-corrected chi connectivity index (χ1v) is 16.6. The molecule has 35 heavy (non-hydrogen) atoms. The Hall–Kier alpha value is -1.77. The van der Waals surface area contributed by atoms with Crippen molar-refractivity contribution in [3.63, 3.8) is 0 Å². The maximum atomic E-state index is 7.01. The van der Waals surface area contributed by atoms with Crippen LogP contribution in [0.1, 0.15) is 89.1 Å². The summed E-state index contributed by atoms with van der Waals surface area (Å²) in [6, 6.07) is 23.8. The normalized spacial score (nSPS) is 12.7. The summed E-state index contributed by atoms with van der Waals surface area (Å²) in [5.41, 5.74) is 6.56. The van der Waals surface area contributed by atoms with Crippen LogP contribution < -0.4 is 3.26 Å². The van der Waals surface area contributed by atoms with Crippen LogP contribution in [0.5, 0.6) is 0 Å². The van der Waals surface area contributed by atoms with Crippen molar-refractivity contribution in [2.24, 2.45) is 5.92 Å². The van der Waals surface area contributed by atoms with Crippen molar-refractivity contribution in [1.29, 1.82) is 0 Å². The molecular formula is C31H43N2OZr. The molecule has 1 N–H and O–H groups in total. The van der Waals surface area contributed by atoms with E-state index in [1.54, 1.807) is 0 Å². The molecule has 0 aliphatic heterocycles. The van der Waals surface area contributed by atoms with E-state index < -0.39 is 22.5 Å². The Morgan fingerprint density at radius 3 is 2.03 bits per heavy atom. The van der Waals surface area contributed by atoms with Gasteiger partial charge in [-0.15, -0.1) is 0 Å². The summed E-state index contributed by atoms with van der Waals surface area (Å²) in [6.45, 7) is 16.8. The van der Waals surface area contributed by atoms with E-state index in [1.165, 1.54) is 22.4 Å². The summed E-state index contributed by atoms with van der Waals surface area (Å²) < 4.78 is 11.0. The molecule has 1 atom stereocenters. The van der Waals surface area contributed by atoms with Crippen molar-refractivity contribution in [3.05, 3.63) is 95.3 Å². The molecule has 1 unspecified atom stereocenters. The first-order chi connectivity index (χ1) is 16.7. The SMILES string of the molecule is CCC(C[O][Zr]([NH]c1c(C(C)C)cccc1C(C)C)[C](C)(C)c1ccccn1)Cc1ccccc1. The van der Waals surface area contributed by atoms with E-state index in [4.69, 9.17) is 7.80 Å². The van der Waals surface area contributed by atoms with Crippen LogP contribution in [0.4, 0.5) is 5.69 Å². The van der Waals surface area contributed by atoms with Crippen molar-refractivity contribution < 1.29 is 25.3 Å². The molecule has 0 fully saturated rings. The molecule has 0 aliphatic rings. The zero-order valence-electron chi connectivity index (χ0n) is 22.6. The van der Waals surface area contributed by atoms with Gasteiger partial charge in [0.05, 0.1) is 0 Å². The number of aromatic nitrogens is 1. The molecule has 3 aromatic rings. The van der Waals surface area contributed by atoms with Gasteiger partial charge in [-0.2, -0.15) is 0 Å². The molecule has 3 rings (SSSR count). The first kappa shape index (κ1) is 27.8. The van der Waals surface area contributed by atoms with E-state index in [9.17, 15) is 0 Å². The van der Waals surface area contributed by atoms with Crippen LogP contribution in [0.3, 0.4) is 0 Å². The Bertz CT molecular complexity index is 1010. The minimum atomic E-state index is -2.78. The molecule has 0 saturated carbocycles. The van der Waals surface area contributed by atoms with Gasteiger partial charge in [-0.25, -0.2) is 0 Å². The van der Waals surface area contributed by atoms with Crippen LogP contribution in [0.2, 0.25) is 0 Å². The second kappa shape index (κ2) is 13.0. The first-order valence-electron chi connectivity index (χ1n) is 13.1. The van der Waals surface area contributed by atoms with Gasteiger partial charge in [0, 0.05) is 0 Å². The predicted octanol–water partition coefficient (Wildman–Crippen LogP) is 8.41. The van der Waals surface area contributed by atoms with Gasteiger partial charge in [0.2, 0.25) is 0 Å². The summed E-state index contributed by atoms with van der Waals surface area (Å²) in [5, 5.41) is 0. The van der Waals surface area contributed by atoms with Gasteiger partial charge in [0.15, 0.2) is 0 Å². The zero-order chi connectivity index (χ0) is 25.4. The van der Waals surface area contributed by atoms with Crippen LogP contribution in [0.15, 0.2) is 72.9 Å². The van der Waals surface area contributed by atoms with E-state index in [2.05, 4.69) is 112 Å². The van der Waals surface area contributed by atoms with Crippen molar-refractivity contribution in [3.8, 4) is 0 Å². The van der Waals surface area contributed by atoms with E-state index in [0.717, 1.165) is 25.1 Å². The number of rotatable bonds is 12. The Balaban J connectivity index is 1.94. The molecule has 0 spiro atoms. The molecule has 1 heterocycles. The Morgan fingerprint density at radius 1 is 0.857 bits per heavy atom. The monoisotopic (exact) mass is 549 g/mol. The summed E-state index contributed by atoms with van der Waals surface area (Å²) in [4.78, 5) is 4.77. The van der Waals surface area contributed by atoms with Crippen molar-refractivity contribution in [1.82, 2.24) is 4.98 Å². The molecule has 2 aromatic carbocycles. The van der Waals surface area contributed by atoms with Crippen molar-refractivity contribution in [2.45, 2.75) is 76.3 Å². The van der Waals surface area contributed by atoms with Crippen LogP contribution >= 0.6 is 0 Å². The number of benzene rings is 2. The van der Waals surface area contributed by atoms with Gasteiger partial charge in [-0.1, -0.05) is 0 Å². The van der Waals surface area contributed by atoms with Crippen LogP contribution in [-0.2, 0) is 34.8 Å². The molecule has 3 nitrogen and oxygen atoms in total. The van der Waals surface area contributed by atoms with Gasteiger partial charge in [0.1, 0.15) is 0 Å². The van der Waals surface area contributed by atoms with Crippen LogP contribution in [-0.4, -0.2) is 11.6 Å². The second-order valence-electron chi connectivity index (χ2n) is 10.7. The molecule has 0 amide bonds. The van der Waals surface area contributed by atoms with Crippen LogP contribution in [0.25, 0.3) is 0 Å². The number of hydrogen-bond donors (Lipinski definition) is 1. The Kier molecular flexibility index (Phi) is 10.3. The fourth-order valence-corrected chi connectivity index (χ4v) is 9.52. The molecule has 4 heteroatoms. The summed E-state index contributed by atoms with van der Waals surface area (Å²) in [6.07, 6.45) is 4.07. The number of nitrogens with zero attached hydrogens (tertiary/aromatic N) is 1. The molecule has 0 saturated heterocycles. The standard InChI is InChI=1S/C12H18N.C11H15O.C8H10N.Zr/c1-8(2)10-6-5-7-11(9(3)4)12(10)13;1-2-10(9-12)8-11-6-4-3-5-7-11;1-7(2)8-5-3-4-6-9-8;/h5-9,13H,1-4H3;3-7,10H,2,8-9H2,1H3;3-6H,1-2H3;/q2*-1;;+2. The number of hydrogen-bond acceptors (Lipinski definition) is 3.